The highest BCUT2D eigenvalue weighted by molar-refractivity contribution is 7.89. The van der Waals surface area contributed by atoms with Gasteiger partial charge in [-0.3, -0.25) is 0 Å². The second kappa shape index (κ2) is 5.38. The highest BCUT2D eigenvalue weighted by Gasteiger charge is 2.33. The van der Waals surface area contributed by atoms with E-state index in [-0.39, 0.29) is 12.6 Å². The molecule has 1 heterocycles. The standard InChI is InChI=1S/C13H19NO3S/c1-2-12-4-3-9-14(12)18(16,17)13-7-5-11(10-15)6-8-13/h5-8,12,15H,2-4,9-10H2,1H3. The van der Waals surface area contributed by atoms with Crippen LogP contribution in [0.5, 0.6) is 0 Å². The van der Waals surface area contributed by atoms with Crippen LogP contribution in [-0.2, 0) is 16.6 Å². The molecule has 1 atom stereocenters. The van der Waals surface area contributed by atoms with Crippen molar-refractivity contribution < 1.29 is 13.5 Å². The van der Waals surface area contributed by atoms with Gasteiger partial charge in [0.05, 0.1) is 11.5 Å². The van der Waals surface area contributed by atoms with Crippen molar-refractivity contribution in [3.63, 3.8) is 0 Å². The molecule has 1 unspecified atom stereocenters. The first-order valence-corrected chi connectivity index (χ1v) is 7.75. The summed E-state index contributed by atoms with van der Waals surface area (Å²) >= 11 is 0. The Morgan fingerprint density at radius 1 is 1.33 bits per heavy atom. The van der Waals surface area contributed by atoms with Gasteiger partial charge < -0.3 is 5.11 Å². The molecule has 1 aliphatic rings. The van der Waals surface area contributed by atoms with Crippen LogP contribution in [0.15, 0.2) is 29.2 Å². The van der Waals surface area contributed by atoms with Gasteiger partial charge in [0.2, 0.25) is 10.0 Å². The molecule has 0 bridgehead atoms. The third-order valence-corrected chi connectivity index (χ3v) is 5.47. The Labute approximate surface area is 108 Å². The highest BCUT2D eigenvalue weighted by atomic mass is 32.2. The van der Waals surface area contributed by atoms with Gasteiger partial charge in [0.1, 0.15) is 0 Å². The topological polar surface area (TPSA) is 57.6 Å². The van der Waals surface area contributed by atoms with E-state index in [2.05, 4.69) is 0 Å². The lowest BCUT2D eigenvalue weighted by atomic mass is 10.2. The van der Waals surface area contributed by atoms with Crippen LogP contribution in [0.2, 0.25) is 0 Å². The van der Waals surface area contributed by atoms with E-state index in [4.69, 9.17) is 5.11 Å². The molecule has 1 aromatic carbocycles. The summed E-state index contributed by atoms with van der Waals surface area (Å²) in [7, 11) is -3.37. The first-order valence-electron chi connectivity index (χ1n) is 6.31. The zero-order valence-corrected chi connectivity index (χ0v) is 11.4. The average Bonchev–Trinajstić information content (AvgIpc) is 2.88. The molecule has 0 spiro atoms. The van der Waals surface area contributed by atoms with Gasteiger partial charge in [-0.1, -0.05) is 19.1 Å². The van der Waals surface area contributed by atoms with Crippen LogP contribution in [0.1, 0.15) is 31.7 Å². The molecule has 5 heteroatoms. The first-order chi connectivity index (χ1) is 8.59. The SMILES string of the molecule is CCC1CCCN1S(=O)(=O)c1ccc(CO)cc1. The Morgan fingerprint density at radius 3 is 2.56 bits per heavy atom. The number of nitrogens with zero attached hydrogens (tertiary/aromatic N) is 1. The maximum atomic E-state index is 12.5. The molecule has 0 aliphatic carbocycles. The summed E-state index contributed by atoms with van der Waals surface area (Å²) in [5, 5.41) is 8.96. The van der Waals surface area contributed by atoms with E-state index in [1.807, 2.05) is 6.92 Å². The average molecular weight is 269 g/mol. The molecule has 0 aromatic heterocycles. The molecule has 1 saturated heterocycles. The minimum Gasteiger partial charge on any atom is -0.392 e. The van der Waals surface area contributed by atoms with E-state index in [0.29, 0.717) is 11.4 Å². The van der Waals surface area contributed by atoms with Gasteiger partial charge in [-0.05, 0) is 37.0 Å². The van der Waals surface area contributed by atoms with E-state index in [1.54, 1.807) is 28.6 Å². The molecule has 18 heavy (non-hydrogen) atoms. The smallest absolute Gasteiger partial charge is 0.243 e. The van der Waals surface area contributed by atoms with Crippen LogP contribution in [0.3, 0.4) is 0 Å². The molecular weight excluding hydrogens is 250 g/mol. The Bertz CT molecular complexity index is 495. The largest absolute Gasteiger partial charge is 0.392 e. The van der Waals surface area contributed by atoms with Crippen molar-refractivity contribution >= 4 is 10.0 Å². The molecular formula is C13H19NO3S. The predicted octanol–water partition coefficient (Wildman–Crippen LogP) is 1.74. The van der Waals surface area contributed by atoms with E-state index in [1.165, 1.54) is 0 Å². The summed E-state index contributed by atoms with van der Waals surface area (Å²) in [6.45, 7) is 2.57. The number of rotatable bonds is 4. The second-order valence-corrected chi connectivity index (χ2v) is 6.51. The number of benzene rings is 1. The summed E-state index contributed by atoms with van der Waals surface area (Å²) in [5.41, 5.74) is 0.724. The summed E-state index contributed by atoms with van der Waals surface area (Å²) < 4.78 is 26.5. The van der Waals surface area contributed by atoms with Gasteiger partial charge in [-0.25, -0.2) is 8.42 Å². The van der Waals surface area contributed by atoms with E-state index >= 15 is 0 Å². The van der Waals surface area contributed by atoms with Crippen molar-refractivity contribution in [2.24, 2.45) is 0 Å². The number of hydrogen-bond acceptors (Lipinski definition) is 3. The molecule has 0 saturated carbocycles. The minimum absolute atomic E-state index is 0.0678. The maximum Gasteiger partial charge on any atom is 0.243 e. The fourth-order valence-electron chi connectivity index (χ4n) is 2.44. The third-order valence-electron chi connectivity index (χ3n) is 3.51. The number of sulfonamides is 1. The van der Waals surface area contributed by atoms with Gasteiger partial charge in [0.15, 0.2) is 0 Å². The van der Waals surface area contributed by atoms with Gasteiger partial charge in [0.25, 0.3) is 0 Å². The lowest BCUT2D eigenvalue weighted by molar-refractivity contribution is 0.281. The normalized spacial score (nSPS) is 21.3. The minimum atomic E-state index is -3.37. The Morgan fingerprint density at radius 2 is 2.00 bits per heavy atom. The number of hydrogen-bond donors (Lipinski definition) is 1. The molecule has 0 radical (unpaired) electrons. The zero-order valence-electron chi connectivity index (χ0n) is 10.5. The first kappa shape index (κ1) is 13.5. The Kier molecular flexibility index (Phi) is 4.04. The fraction of sp³-hybridized carbons (Fsp3) is 0.538. The Balaban J connectivity index is 2.29. The van der Waals surface area contributed by atoms with Gasteiger partial charge in [-0.2, -0.15) is 4.31 Å². The van der Waals surface area contributed by atoms with Crippen molar-refractivity contribution in [3.05, 3.63) is 29.8 Å². The fourth-order valence-corrected chi connectivity index (χ4v) is 4.20. The predicted molar refractivity (Wildman–Crippen MR) is 69.6 cm³/mol. The van der Waals surface area contributed by atoms with E-state index < -0.39 is 10.0 Å². The molecule has 1 aromatic rings. The van der Waals surface area contributed by atoms with E-state index in [0.717, 1.165) is 24.8 Å². The van der Waals surface area contributed by atoms with Crippen LogP contribution in [0, 0.1) is 0 Å². The van der Waals surface area contributed by atoms with Crippen molar-refractivity contribution in [2.75, 3.05) is 6.54 Å². The Hall–Kier alpha value is -0.910. The van der Waals surface area contributed by atoms with Gasteiger partial charge in [-0.15, -0.1) is 0 Å². The van der Waals surface area contributed by atoms with Crippen molar-refractivity contribution in [1.29, 1.82) is 0 Å². The number of aliphatic hydroxyl groups is 1. The van der Waals surface area contributed by atoms with Gasteiger partial charge in [0, 0.05) is 12.6 Å². The molecule has 2 rings (SSSR count). The van der Waals surface area contributed by atoms with Crippen molar-refractivity contribution in [3.8, 4) is 0 Å². The van der Waals surface area contributed by atoms with Crippen molar-refractivity contribution in [2.45, 2.75) is 43.7 Å². The van der Waals surface area contributed by atoms with Crippen LogP contribution in [-0.4, -0.2) is 30.4 Å². The molecule has 4 nitrogen and oxygen atoms in total. The maximum absolute atomic E-state index is 12.5. The summed E-state index contributed by atoms with van der Waals surface area (Å²) in [5.74, 6) is 0. The van der Waals surface area contributed by atoms with Gasteiger partial charge >= 0.3 is 0 Å². The second-order valence-electron chi connectivity index (χ2n) is 4.62. The highest BCUT2D eigenvalue weighted by Crippen LogP contribution is 2.27. The zero-order chi connectivity index (χ0) is 13.2. The molecule has 0 amide bonds. The molecule has 1 aliphatic heterocycles. The quantitative estimate of drug-likeness (QED) is 0.906. The lowest BCUT2D eigenvalue weighted by Gasteiger charge is -2.23. The van der Waals surface area contributed by atoms with Crippen LogP contribution < -0.4 is 0 Å². The summed E-state index contributed by atoms with van der Waals surface area (Å²) in [4.78, 5) is 0.319. The monoisotopic (exact) mass is 269 g/mol. The summed E-state index contributed by atoms with van der Waals surface area (Å²) in [6.07, 6.45) is 2.74. The molecule has 100 valence electrons. The summed E-state index contributed by atoms with van der Waals surface area (Å²) in [6, 6.07) is 6.60. The third kappa shape index (κ3) is 2.43. The molecule has 1 N–H and O–H groups in total. The number of aliphatic hydroxyl groups excluding tert-OH is 1. The van der Waals surface area contributed by atoms with Crippen molar-refractivity contribution in [1.82, 2.24) is 4.31 Å². The van der Waals surface area contributed by atoms with Crippen LogP contribution in [0.25, 0.3) is 0 Å². The van der Waals surface area contributed by atoms with E-state index in [9.17, 15) is 8.42 Å². The lowest BCUT2D eigenvalue weighted by Crippen LogP contribution is -2.35. The van der Waals surface area contributed by atoms with Crippen LogP contribution in [0.4, 0.5) is 0 Å². The van der Waals surface area contributed by atoms with Crippen LogP contribution >= 0.6 is 0 Å². The molecule has 1 fully saturated rings.